The fourth-order valence-corrected chi connectivity index (χ4v) is 4.44. The van der Waals surface area contributed by atoms with Gasteiger partial charge >= 0.3 is 0 Å². The van der Waals surface area contributed by atoms with Crippen LogP contribution in [0.15, 0.2) is 66.7 Å². The van der Waals surface area contributed by atoms with E-state index in [0.29, 0.717) is 5.75 Å². The van der Waals surface area contributed by atoms with Crippen LogP contribution in [0.3, 0.4) is 0 Å². The molecule has 30 heavy (non-hydrogen) atoms. The summed E-state index contributed by atoms with van der Waals surface area (Å²) in [6.45, 7) is 1.88. The van der Waals surface area contributed by atoms with Gasteiger partial charge in [0, 0.05) is 6.54 Å². The number of hydrogen-bond donors (Lipinski definition) is 0. The summed E-state index contributed by atoms with van der Waals surface area (Å²) in [5.74, 6) is 1.25. The fourth-order valence-electron chi connectivity index (χ4n) is 4.44. The number of rotatable bonds is 7. The first-order chi connectivity index (χ1) is 14.7. The van der Waals surface area contributed by atoms with Crippen molar-refractivity contribution in [2.24, 2.45) is 0 Å². The minimum absolute atomic E-state index is 0.0000273. The second kappa shape index (κ2) is 9.31. The van der Waals surface area contributed by atoms with Gasteiger partial charge in [0.25, 0.3) is 0 Å². The molecule has 3 nitrogen and oxygen atoms in total. The predicted molar refractivity (Wildman–Crippen MR) is 118 cm³/mol. The van der Waals surface area contributed by atoms with Crippen LogP contribution >= 0.6 is 0 Å². The SMILES string of the molecule is COc1cc2c(cc1OC)[C@H](c1cccc(F)c1)N(CCCc1ccccc1)CC2. The summed E-state index contributed by atoms with van der Waals surface area (Å²) in [7, 11) is 3.31. The van der Waals surface area contributed by atoms with Gasteiger partial charge in [0.1, 0.15) is 5.82 Å². The number of nitrogens with zero attached hydrogens (tertiary/aromatic N) is 1. The Balaban J connectivity index is 1.65. The van der Waals surface area contributed by atoms with E-state index in [2.05, 4.69) is 41.3 Å². The lowest BCUT2D eigenvalue weighted by Gasteiger charge is -2.38. The number of aryl methyl sites for hydroxylation is 1. The van der Waals surface area contributed by atoms with Crippen molar-refractivity contribution in [1.29, 1.82) is 0 Å². The van der Waals surface area contributed by atoms with Gasteiger partial charge in [-0.2, -0.15) is 0 Å². The third-order valence-corrected chi connectivity index (χ3v) is 5.89. The molecule has 0 saturated carbocycles. The maximum atomic E-state index is 14.1. The van der Waals surface area contributed by atoms with Crippen molar-refractivity contribution in [2.45, 2.75) is 25.3 Å². The van der Waals surface area contributed by atoms with Crippen LogP contribution in [0.25, 0.3) is 0 Å². The van der Waals surface area contributed by atoms with E-state index in [4.69, 9.17) is 9.47 Å². The number of ether oxygens (including phenoxy) is 2. The standard InChI is InChI=1S/C26H28FNO2/c1-29-24-17-20-13-15-28(14-7-10-19-8-4-3-5-9-19)26(23(20)18-25(24)30-2)21-11-6-12-22(27)16-21/h3-6,8-9,11-12,16-18,26H,7,10,13-15H2,1-2H3/t26-/m0/s1. The first kappa shape index (κ1) is 20.4. The minimum Gasteiger partial charge on any atom is -0.493 e. The molecule has 4 rings (SSSR count). The molecule has 1 atom stereocenters. The summed E-state index contributed by atoms with van der Waals surface area (Å²) < 4.78 is 25.2. The maximum Gasteiger partial charge on any atom is 0.161 e. The molecule has 1 aliphatic rings. The van der Waals surface area contributed by atoms with Crippen molar-refractivity contribution in [3.05, 3.63) is 94.8 Å². The van der Waals surface area contributed by atoms with Crippen LogP contribution in [0.2, 0.25) is 0 Å². The number of fused-ring (bicyclic) bond motifs is 1. The Bertz CT molecular complexity index is 990. The lowest BCUT2D eigenvalue weighted by Crippen LogP contribution is -2.37. The largest absolute Gasteiger partial charge is 0.493 e. The highest BCUT2D eigenvalue weighted by Crippen LogP contribution is 2.41. The van der Waals surface area contributed by atoms with E-state index in [-0.39, 0.29) is 11.9 Å². The molecule has 0 saturated heterocycles. The minimum atomic E-state index is -0.204. The van der Waals surface area contributed by atoms with Crippen LogP contribution in [0.1, 0.15) is 34.7 Å². The molecule has 0 N–H and O–H groups in total. The lowest BCUT2D eigenvalue weighted by molar-refractivity contribution is 0.209. The van der Waals surface area contributed by atoms with Crippen molar-refractivity contribution >= 4 is 0 Å². The molecule has 3 aromatic carbocycles. The molecule has 0 unspecified atom stereocenters. The molecule has 0 aromatic heterocycles. The summed E-state index contributed by atoms with van der Waals surface area (Å²) in [5.41, 5.74) is 4.73. The second-order valence-corrected chi connectivity index (χ2v) is 7.74. The highest BCUT2D eigenvalue weighted by molar-refractivity contribution is 5.51. The Labute approximate surface area is 178 Å². The van der Waals surface area contributed by atoms with Crippen LogP contribution in [-0.2, 0) is 12.8 Å². The van der Waals surface area contributed by atoms with E-state index >= 15 is 0 Å². The number of benzene rings is 3. The van der Waals surface area contributed by atoms with Crippen molar-refractivity contribution in [1.82, 2.24) is 4.90 Å². The molecule has 1 aliphatic heterocycles. The Morgan fingerprint density at radius 2 is 1.70 bits per heavy atom. The molecular weight excluding hydrogens is 377 g/mol. The molecule has 1 heterocycles. The molecule has 3 aromatic rings. The monoisotopic (exact) mass is 405 g/mol. The summed E-state index contributed by atoms with van der Waals surface area (Å²) in [4.78, 5) is 2.46. The van der Waals surface area contributed by atoms with Gasteiger partial charge in [0.05, 0.1) is 20.3 Å². The zero-order valence-electron chi connectivity index (χ0n) is 17.6. The summed E-state index contributed by atoms with van der Waals surface area (Å²) in [5, 5.41) is 0. The summed E-state index contributed by atoms with van der Waals surface area (Å²) in [6.07, 6.45) is 3.03. The molecule has 4 heteroatoms. The van der Waals surface area contributed by atoms with E-state index < -0.39 is 0 Å². The number of hydrogen-bond acceptors (Lipinski definition) is 3. The zero-order chi connectivity index (χ0) is 20.9. The van der Waals surface area contributed by atoms with Crippen molar-refractivity contribution < 1.29 is 13.9 Å². The average Bonchev–Trinajstić information content (AvgIpc) is 2.78. The topological polar surface area (TPSA) is 21.7 Å². The van der Waals surface area contributed by atoms with Gasteiger partial charge in [0.2, 0.25) is 0 Å². The van der Waals surface area contributed by atoms with Gasteiger partial charge in [-0.15, -0.1) is 0 Å². The molecule has 0 spiro atoms. The quantitative estimate of drug-likeness (QED) is 0.524. The van der Waals surface area contributed by atoms with E-state index in [1.807, 2.05) is 12.1 Å². The molecule has 0 aliphatic carbocycles. The first-order valence-electron chi connectivity index (χ1n) is 10.5. The highest BCUT2D eigenvalue weighted by Gasteiger charge is 2.30. The van der Waals surface area contributed by atoms with Crippen LogP contribution in [0.5, 0.6) is 11.5 Å². The van der Waals surface area contributed by atoms with E-state index in [0.717, 1.165) is 43.7 Å². The highest BCUT2D eigenvalue weighted by atomic mass is 19.1. The normalized spacial score (nSPS) is 16.2. The molecule has 0 amide bonds. The molecule has 0 radical (unpaired) electrons. The maximum absolute atomic E-state index is 14.1. The third kappa shape index (κ3) is 4.34. The van der Waals surface area contributed by atoms with Gasteiger partial charge in [-0.25, -0.2) is 4.39 Å². The molecule has 156 valence electrons. The third-order valence-electron chi connectivity index (χ3n) is 5.89. The van der Waals surface area contributed by atoms with Crippen molar-refractivity contribution in [2.75, 3.05) is 27.3 Å². The van der Waals surface area contributed by atoms with Gasteiger partial charge in [-0.1, -0.05) is 42.5 Å². The Morgan fingerprint density at radius 3 is 2.43 bits per heavy atom. The number of methoxy groups -OCH3 is 2. The predicted octanol–water partition coefficient (Wildman–Crippen LogP) is 5.42. The number of halogens is 1. The summed E-state index contributed by atoms with van der Waals surface area (Å²) >= 11 is 0. The zero-order valence-corrected chi connectivity index (χ0v) is 17.6. The van der Waals surface area contributed by atoms with Crippen LogP contribution in [0, 0.1) is 5.82 Å². The van der Waals surface area contributed by atoms with E-state index in [1.54, 1.807) is 26.4 Å². The van der Waals surface area contributed by atoms with E-state index in [9.17, 15) is 4.39 Å². The van der Waals surface area contributed by atoms with Gasteiger partial charge < -0.3 is 9.47 Å². The van der Waals surface area contributed by atoms with Gasteiger partial charge in [0.15, 0.2) is 11.5 Å². The average molecular weight is 406 g/mol. The van der Waals surface area contributed by atoms with Crippen LogP contribution < -0.4 is 9.47 Å². The van der Waals surface area contributed by atoms with Crippen molar-refractivity contribution in [3.63, 3.8) is 0 Å². The smallest absolute Gasteiger partial charge is 0.161 e. The fraction of sp³-hybridized carbons (Fsp3) is 0.308. The molecule has 0 fully saturated rings. The van der Waals surface area contributed by atoms with Gasteiger partial charge in [-0.05, 0) is 72.3 Å². The summed E-state index contributed by atoms with van der Waals surface area (Å²) in [6, 6.07) is 21.7. The molecule has 0 bridgehead atoms. The van der Waals surface area contributed by atoms with Crippen molar-refractivity contribution in [3.8, 4) is 11.5 Å². The molecular formula is C26H28FNO2. The lowest BCUT2D eigenvalue weighted by atomic mass is 9.87. The Morgan fingerprint density at radius 1 is 0.933 bits per heavy atom. The first-order valence-corrected chi connectivity index (χ1v) is 10.5. The van der Waals surface area contributed by atoms with Gasteiger partial charge in [-0.3, -0.25) is 4.90 Å². The Kier molecular flexibility index (Phi) is 6.34. The van der Waals surface area contributed by atoms with Crippen LogP contribution in [0.4, 0.5) is 4.39 Å². The Hall–Kier alpha value is -2.85. The second-order valence-electron chi connectivity index (χ2n) is 7.74. The van der Waals surface area contributed by atoms with Crippen LogP contribution in [-0.4, -0.2) is 32.2 Å². The van der Waals surface area contributed by atoms with E-state index in [1.165, 1.54) is 22.8 Å².